The molecule has 2 rings (SSSR count). The molecule has 0 bridgehead atoms. The minimum absolute atomic E-state index is 0.0220. The summed E-state index contributed by atoms with van der Waals surface area (Å²) in [6.07, 6.45) is 0.594. The Morgan fingerprint density at radius 1 is 1.42 bits per heavy atom. The lowest BCUT2D eigenvalue weighted by atomic mass is 10.1. The number of hydrogen-bond donors (Lipinski definition) is 1. The minimum Gasteiger partial charge on any atom is -0.493 e. The fourth-order valence-electron chi connectivity index (χ4n) is 2.68. The zero-order chi connectivity index (χ0) is 19.5. The smallest absolute Gasteiger partial charge is 0.343 e. The Kier molecular flexibility index (Phi) is 6.34. The van der Waals surface area contributed by atoms with Crippen LogP contribution in [-0.2, 0) is 4.79 Å². The number of aliphatic carboxylic acids is 1. The van der Waals surface area contributed by atoms with E-state index in [-0.39, 0.29) is 23.6 Å². The van der Waals surface area contributed by atoms with Crippen LogP contribution >= 0.6 is 11.6 Å². The zero-order valence-electron chi connectivity index (χ0n) is 15.1. The lowest BCUT2D eigenvalue weighted by Gasteiger charge is -2.19. The van der Waals surface area contributed by atoms with E-state index in [4.69, 9.17) is 26.2 Å². The maximum absolute atomic E-state index is 14.2. The summed E-state index contributed by atoms with van der Waals surface area (Å²) in [6, 6.07) is 2.90. The van der Waals surface area contributed by atoms with E-state index in [1.165, 1.54) is 24.1 Å². The predicted molar refractivity (Wildman–Crippen MR) is 94.9 cm³/mol. The second-order valence-electron chi connectivity index (χ2n) is 6.77. The van der Waals surface area contributed by atoms with E-state index in [0.29, 0.717) is 24.0 Å². The minimum atomic E-state index is -2.41. The molecule has 1 atom stereocenters. The number of amides is 1. The Hall–Kier alpha value is -2.02. The number of alkyl halides is 1. The van der Waals surface area contributed by atoms with Crippen molar-refractivity contribution in [2.75, 3.05) is 26.8 Å². The molecule has 1 amide bonds. The number of carbonyl (C=O) groups excluding carboxylic acids is 1. The van der Waals surface area contributed by atoms with Gasteiger partial charge in [0.1, 0.15) is 0 Å². The van der Waals surface area contributed by atoms with Gasteiger partial charge in [0.15, 0.2) is 11.5 Å². The second kappa shape index (κ2) is 8.12. The highest BCUT2D eigenvalue weighted by molar-refractivity contribution is 6.32. The molecule has 0 spiro atoms. The molecule has 1 aromatic rings. The van der Waals surface area contributed by atoms with Crippen LogP contribution in [0.3, 0.4) is 0 Å². The van der Waals surface area contributed by atoms with Crippen molar-refractivity contribution < 1.29 is 28.6 Å². The molecule has 1 aromatic carbocycles. The normalized spacial score (nSPS) is 19.7. The van der Waals surface area contributed by atoms with Gasteiger partial charge in [-0.05, 0) is 24.5 Å². The molecule has 1 unspecified atom stereocenters. The molecule has 1 fully saturated rings. The molecule has 144 valence electrons. The van der Waals surface area contributed by atoms with Crippen LogP contribution in [0.2, 0.25) is 5.02 Å². The average Bonchev–Trinajstić information content (AvgIpc) is 2.98. The Morgan fingerprint density at radius 2 is 2.12 bits per heavy atom. The third kappa shape index (κ3) is 4.38. The highest BCUT2D eigenvalue weighted by atomic mass is 35.5. The summed E-state index contributed by atoms with van der Waals surface area (Å²) in [5, 5.41) is 9.16. The third-order valence-electron chi connectivity index (χ3n) is 4.31. The van der Waals surface area contributed by atoms with Crippen LogP contribution in [0.15, 0.2) is 12.1 Å². The monoisotopic (exact) mass is 387 g/mol. The van der Waals surface area contributed by atoms with Crippen molar-refractivity contribution >= 4 is 23.5 Å². The molecular formula is C18H23ClFNO5. The molecule has 1 aliphatic heterocycles. The van der Waals surface area contributed by atoms with Gasteiger partial charge in [0.25, 0.3) is 5.91 Å². The van der Waals surface area contributed by atoms with Crippen LogP contribution in [0.4, 0.5) is 4.39 Å². The van der Waals surface area contributed by atoms with E-state index in [0.717, 1.165) is 6.42 Å². The summed E-state index contributed by atoms with van der Waals surface area (Å²) in [5.41, 5.74) is -2.22. The number of carboxylic acid groups (broad SMARTS) is 1. The van der Waals surface area contributed by atoms with Gasteiger partial charge in [-0.15, -0.1) is 0 Å². The number of rotatable bonds is 7. The number of carboxylic acids is 1. The first-order valence-electron chi connectivity index (χ1n) is 8.40. The van der Waals surface area contributed by atoms with Crippen LogP contribution in [0.1, 0.15) is 37.0 Å². The van der Waals surface area contributed by atoms with Gasteiger partial charge in [-0.3, -0.25) is 4.79 Å². The van der Waals surface area contributed by atoms with Gasteiger partial charge >= 0.3 is 5.97 Å². The summed E-state index contributed by atoms with van der Waals surface area (Å²) < 4.78 is 25.1. The molecule has 0 aliphatic carbocycles. The van der Waals surface area contributed by atoms with E-state index < -0.39 is 24.1 Å². The third-order valence-corrected chi connectivity index (χ3v) is 4.59. The van der Waals surface area contributed by atoms with Crippen LogP contribution in [-0.4, -0.2) is 54.4 Å². The van der Waals surface area contributed by atoms with Crippen molar-refractivity contribution in [1.82, 2.24) is 4.90 Å². The molecule has 8 heteroatoms. The van der Waals surface area contributed by atoms with E-state index in [1.807, 2.05) is 0 Å². The van der Waals surface area contributed by atoms with Gasteiger partial charge in [-0.2, -0.15) is 0 Å². The van der Waals surface area contributed by atoms with Crippen molar-refractivity contribution in [3.05, 3.63) is 22.7 Å². The molecule has 0 aromatic heterocycles. The van der Waals surface area contributed by atoms with Crippen molar-refractivity contribution in [1.29, 1.82) is 0 Å². The van der Waals surface area contributed by atoms with Gasteiger partial charge in [-0.1, -0.05) is 25.4 Å². The summed E-state index contributed by atoms with van der Waals surface area (Å²) in [4.78, 5) is 24.8. The number of benzene rings is 1. The number of nitrogens with zero attached hydrogens (tertiary/aromatic N) is 1. The summed E-state index contributed by atoms with van der Waals surface area (Å²) in [5.74, 6) is -0.949. The largest absolute Gasteiger partial charge is 0.493 e. The van der Waals surface area contributed by atoms with Crippen LogP contribution in [0, 0.1) is 5.92 Å². The quantitative estimate of drug-likeness (QED) is 0.775. The topological polar surface area (TPSA) is 76.1 Å². The number of halogens is 2. The zero-order valence-corrected chi connectivity index (χ0v) is 15.8. The van der Waals surface area contributed by atoms with Gasteiger partial charge in [0, 0.05) is 18.5 Å². The van der Waals surface area contributed by atoms with Crippen molar-refractivity contribution in [2.45, 2.75) is 32.4 Å². The first-order valence-corrected chi connectivity index (χ1v) is 8.77. The lowest BCUT2D eigenvalue weighted by Crippen LogP contribution is -2.38. The Morgan fingerprint density at radius 3 is 2.65 bits per heavy atom. The maximum atomic E-state index is 14.2. The van der Waals surface area contributed by atoms with Gasteiger partial charge in [0.05, 0.1) is 25.3 Å². The van der Waals surface area contributed by atoms with E-state index in [1.54, 1.807) is 0 Å². The lowest BCUT2D eigenvalue weighted by molar-refractivity contribution is -0.149. The molecule has 1 N–H and O–H groups in total. The molecule has 1 heterocycles. The van der Waals surface area contributed by atoms with E-state index >= 15 is 0 Å². The number of hydrogen-bond acceptors (Lipinski definition) is 4. The SMILES string of the molecule is COc1cc(C(=O)N2CCC(F)(C(=O)O)C2)cc(Cl)c1OCCC(C)C. The Balaban J connectivity index is 2.19. The first-order chi connectivity index (χ1) is 12.2. The molecule has 1 saturated heterocycles. The van der Waals surface area contributed by atoms with Crippen LogP contribution in [0.25, 0.3) is 0 Å². The highest BCUT2D eigenvalue weighted by Gasteiger charge is 2.47. The summed E-state index contributed by atoms with van der Waals surface area (Å²) in [6.45, 7) is 4.13. The average molecular weight is 388 g/mol. The predicted octanol–water partition coefficient (Wildman–Crippen LogP) is 3.41. The molecular weight excluding hydrogens is 365 g/mol. The van der Waals surface area contributed by atoms with Gasteiger partial charge in [-0.25, -0.2) is 9.18 Å². The number of methoxy groups -OCH3 is 1. The molecule has 26 heavy (non-hydrogen) atoms. The van der Waals surface area contributed by atoms with Gasteiger partial charge in [0.2, 0.25) is 5.67 Å². The Bertz CT molecular complexity index is 696. The fraction of sp³-hybridized carbons (Fsp3) is 0.556. The number of ether oxygens (including phenoxy) is 2. The van der Waals surface area contributed by atoms with Crippen molar-refractivity contribution in [2.24, 2.45) is 5.92 Å². The Labute approximate surface area is 156 Å². The van der Waals surface area contributed by atoms with Crippen LogP contribution in [0.5, 0.6) is 11.5 Å². The summed E-state index contributed by atoms with van der Waals surface area (Å²) >= 11 is 6.24. The molecule has 0 radical (unpaired) electrons. The van der Waals surface area contributed by atoms with Crippen molar-refractivity contribution in [3.63, 3.8) is 0 Å². The van der Waals surface area contributed by atoms with Crippen LogP contribution < -0.4 is 9.47 Å². The van der Waals surface area contributed by atoms with E-state index in [9.17, 15) is 14.0 Å². The number of likely N-dealkylation sites (tertiary alicyclic amines) is 1. The second-order valence-corrected chi connectivity index (χ2v) is 7.17. The standard InChI is InChI=1S/C18H23ClFNO5/c1-11(2)4-7-26-15-13(19)8-12(9-14(15)25-3)16(22)21-6-5-18(20,10-21)17(23)24/h8-9,11H,4-7,10H2,1-3H3,(H,23,24). The molecule has 1 aliphatic rings. The van der Waals surface area contributed by atoms with Gasteiger partial charge < -0.3 is 19.5 Å². The molecule has 6 nitrogen and oxygen atoms in total. The maximum Gasteiger partial charge on any atom is 0.343 e. The first kappa shape index (κ1) is 20.3. The fourth-order valence-corrected chi connectivity index (χ4v) is 2.95. The molecule has 0 saturated carbocycles. The van der Waals surface area contributed by atoms with Crippen molar-refractivity contribution in [3.8, 4) is 11.5 Å². The highest BCUT2D eigenvalue weighted by Crippen LogP contribution is 2.37. The summed E-state index contributed by atoms with van der Waals surface area (Å²) in [7, 11) is 1.43. The number of carbonyl (C=O) groups is 2. The van der Waals surface area contributed by atoms with E-state index in [2.05, 4.69) is 13.8 Å².